The predicted octanol–water partition coefficient (Wildman–Crippen LogP) is 7.70. The Morgan fingerprint density at radius 1 is 0.833 bits per heavy atom. The van der Waals surface area contributed by atoms with Gasteiger partial charge in [-0.3, -0.25) is 0 Å². The summed E-state index contributed by atoms with van der Waals surface area (Å²) < 4.78 is 1.22. The van der Waals surface area contributed by atoms with Crippen molar-refractivity contribution in [2.24, 2.45) is 0 Å². The third-order valence-corrected chi connectivity index (χ3v) is 7.04. The molecule has 3 nitrogen and oxygen atoms in total. The number of hydrogen-bond donors (Lipinski definition) is 1. The van der Waals surface area contributed by atoms with Crippen LogP contribution in [0.15, 0.2) is 72.8 Å². The van der Waals surface area contributed by atoms with Crippen LogP contribution in [0.1, 0.15) is 17.4 Å². The fourth-order valence-electron chi connectivity index (χ4n) is 3.45. The zero-order valence-corrected chi connectivity index (χ0v) is 18.5. The van der Waals surface area contributed by atoms with E-state index in [0.717, 1.165) is 44.6 Å². The number of aryl methyl sites for hydroxylation is 2. The van der Waals surface area contributed by atoms with Crippen molar-refractivity contribution in [2.75, 3.05) is 5.32 Å². The monoisotopic (exact) mass is 427 g/mol. The highest BCUT2D eigenvalue weighted by molar-refractivity contribution is 7.22. The summed E-state index contributed by atoms with van der Waals surface area (Å²) in [5.74, 6) is 0. The van der Waals surface area contributed by atoms with E-state index in [4.69, 9.17) is 9.97 Å². The molecule has 0 amide bonds. The van der Waals surface area contributed by atoms with Gasteiger partial charge < -0.3 is 5.32 Å². The van der Waals surface area contributed by atoms with Crippen LogP contribution in [0.5, 0.6) is 0 Å². The molecule has 0 aliphatic rings. The summed E-state index contributed by atoms with van der Waals surface area (Å²) in [6.07, 6.45) is 1.04. The first kappa shape index (κ1) is 19.0. The van der Waals surface area contributed by atoms with E-state index in [1.165, 1.54) is 15.1 Å². The van der Waals surface area contributed by atoms with Gasteiger partial charge in [-0.25, -0.2) is 9.97 Å². The highest BCUT2D eigenvalue weighted by Crippen LogP contribution is 2.34. The van der Waals surface area contributed by atoms with Gasteiger partial charge in [0.15, 0.2) is 5.13 Å². The van der Waals surface area contributed by atoms with Gasteiger partial charge in [-0.2, -0.15) is 0 Å². The molecule has 0 unspecified atom stereocenters. The maximum Gasteiger partial charge on any atom is 0.188 e. The van der Waals surface area contributed by atoms with Gasteiger partial charge in [-0.05, 0) is 43.2 Å². The van der Waals surface area contributed by atoms with Crippen LogP contribution in [-0.4, -0.2) is 9.97 Å². The van der Waals surface area contributed by atoms with Gasteiger partial charge in [0.2, 0.25) is 0 Å². The molecule has 148 valence electrons. The molecule has 0 saturated heterocycles. The standard InChI is InChI=1S/C25H21N3S2/c1-3-17-9-14-21-22(15-17)30-25(27-21)26-20-12-10-18(11-13-20)23-16(2)29-24(28-23)19-7-5-4-6-8-19/h4-15H,3H2,1-2H3,(H,26,27). The number of nitrogens with one attached hydrogen (secondary N) is 1. The minimum atomic E-state index is 0.919. The smallest absolute Gasteiger partial charge is 0.188 e. The second-order valence-corrected chi connectivity index (χ2v) is 9.40. The number of hydrogen-bond acceptors (Lipinski definition) is 5. The molecule has 0 aliphatic carbocycles. The average Bonchev–Trinajstić information content (AvgIpc) is 3.37. The third-order valence-electron chi connectivity index (χ3n) is 5.09. The van der Waals surface area contributed by atoms with Crippen LogP contribution in [0.2, 0.25) is 0 Å². The lowest BCUT2D eigenvalue weighted by molar-refractivity contribution is 1.15. The van der Waals surface area contributed by atoms with E-state index in [-0.39, 0.29) is 0 Å². The molecule has 1 N–H and O–H groups in total. The van der Waals surface area contributed by atoms with Crippen LogP contribution < -0.4 is 5.32 Å². The Morgan fingerprint density at radius 2 is 1.63 bits per heavy atom. The van der Waals surface area contributed by atoms with E-state index in [1.54, 1.807) is 22.7 Å². The van der Waals surface area contributed by atoms with Crippen molar-refractivity contribution in [2.45, 2.75) is 20.3 Å². The molecule has 30 heavy (non-hydrogen) atoms. The molecule has 0 spiro atoms. The zero-order valence-electron chi connectivity index (χ0n) is 16.8. The second kappa shape index (κ2) is 8.01. The van der Waals surface area contributed by atoms with Crippen molar-refractivity contribution in [1.82, 2.24) is 9.97 Å². The van der Waals surface area contributed by atoms with Gasteiger partial charge in [0.25, 0.3) is 0 Å². The molecule has 5 rings (SSSR count). The zero-order chi connectivity index (χ0) is 20.5. The van der Waals surface area contributed by atoms with Crippen LogP contribution >= 0.6 is 22.7 Å². The van der Waals surface area contributed by atoms with Crippen LogP contribution in [0.25, 0.3) is 32.0 Å². The van der Waals surface area contributed by atoms with E-state index in [1.807, 2.05) is 6.07 Å². The Balaban J connectivity index is 1.38. The fourth-order valence-corrected chi connectivity index (χ4v) is 5.34. The third kappa shape index (κ3) is 3.74. The summed E-state index contributed by atoms with van der Waals surface area (Å²) in [5, 5.41) is 5.42. The SMILES string of the molecule is CCc1ccc2nc(Nc3ccc(-c4nc(-c5ccccc5)sc4C)cc3)sc2c1. The lowest BCUT2D eigenvalue weighted by Gasteiger charge is -2.04. The molecule has 0 aliphatic heterocycles. The maximum atomic E-state index is 4.90. The Hall–Kier alpha value is -3.02. The molecule has 5 heteroatoms. The summed E-state index contributed by atoms with van der Waals surface area (Å²) in [6, 6.07) is 25.3. The van der Waals surface area contributed by atoms with E-state index in [0.29, 0.717) is 0 Å². The number of rotatable bonds is 5. The van der Waals surface area contributed by atoms with Crippen molar-refractivity contribution >= 4 is 43.7 Å². The van der Waals surface area contributed by atoms with E-state index in [9.17, 15) is 0 Å². The van der Waals surface area contributed by atoms with Crippen molar-refractivity contribution in [3.8, 4) is 21.8 Å². The average molecular weight is 428 g/mol. The van der Waals surface area contributed by atoms with E-state index < -0.39 is 0 Å². The number of benzene rings is 3. The van der Waals surface area contributed by atoms with Crippen LogP contribution in [-0.2, 0) is 6.42 Å². The van der Waals surface area contributed by atoms with Gasteiger partial charge in [0.05, 0.1) is 15.9 Å². The van der Waals surface area contributed by atoms with Crippen LogP contribution in [0.4, 0.5) is 10.8 Å². The summed E-state index contributed by atoms with van der Waals surface area (Å²) in [5.41, 5.74) is 6.77. The van der Waals surface area contributed by atoms with Gasteiger partial charge in [0, 0.05) is 21.7 Å². The molecule has 0 bridgehead atoms. The number of nitrogens with zero attached hydrogens (tertiary/aromatic N) is 2. The lowest BCUT2D eigenvalue weighted by Crippen LogP contribution is -1.89. The molecule has 0 saturated carbocycles. The number of thiazole rings is 2. The minimum absolute atomic E-state index is 0.919. The number of fused-ring (bicyclic) bond motifs is 1. The van der Waals surface area contributed by atoms with Crippen molar-refractivity contribution in [3.05, 3.63) is 83.2 Å². The number of anilines is 2. The van der Waals surface area contributed by atoms with E-state index >= 15 is 0 Å². The molecule has 0 radical (unpaired) electrons. The summed E-state index contributed by atoms with van der Waals surface area (Å²) in [4.78, 5) is 10.8. The molecule has 0 atom stereocenters. The van der Waals surface area contributed by atoms with Crippen molar-refractivity contribution in [1.29, 1.82) is 0 Å². The van der Waals surface area contributed by atoms with Gasteiger partial charge in [-0.1, -0.05) is 66.8 Å². The normalized spacial score (nSPS) is 11.1. The Labute approximate surface area is 184 Å². The van der Waals surface area contributed by atoms with Crippen molar-refractivity contribution in [3.63, 3.8) is 0 Å². The Kier molecular flexibility index (Phi) is 5.07. The first-order valence-corrected chi connectivity index (χ1v) is 11.6. The minimum Gasteiger partial charge on any atom is -0.332 e. The maximum absolute atomic E-state index is 4.90. The highest BCUT2D eigenvalue weighted by Gasteiger charge is 2.11. The predicted molar refractivity (Wildman–Crippen MR) is 130 cm³/mol. The quantitative estimate of drug-likeness (QED) is 0.312. The first-order chi connectivity index (χ1) is 14.7. The molecule has 3 aromatic carbocycles. The summed E-state index contributed by atoms with van der Waals surface area (Å²) in [6.45, 7) is 4.31. The largest absolute Gasteiger partial charge is 0.332 e. The Bertz CT molecular complexity index is 1300. The summed E-state index contributed by atoms with van der Waals surface area (Å²) >= 11 is 3.43. The van der Waals surface area contributed by atoms with E-state index in [2.05, 4.69) is 85.9 Å². The topological polar surface area (TPSA) is 37.8 Å². The lowest BCUT2D eigenvalue weighted by atomic mass is 10.1. The molecule has 5 aromatic rings. The molecule has 2 heterocycles. The molecule has 2 aromatic heterocycles. The molecular weight excluding hydrogens is 406 g/mol. The number of aromatic nitrogens is 2. The second-order valence-electron chi connectivity index (χ2n) is 7.17. The highest BCUT2D eigenvalue weighted by atomic mass is 32.1. The van der Waals surface area contributed by atoms with Crippen molar-refractivity contribution < 1.29 is 0 Å². The Morgan fingerprint density at radius 3 is 2.40 bits per heavy atom. The molecular formula is C25H21N3S2. The van der Waals surface area contributed by atoms with Gasteiger partial charge in [-0.15, -0.1) is 11.3 Å². The van der Waals surface area contributed by atoms with Crippen LogP contribution in [0, 0.1) is 6.92 Å². The van der Waals surface area contributed by atoms with Gasteiger partial charge in [0.1, 0.15) is 5.01 Å². The molecule has 0 fully saturated rings. The first-order valence-electron chi connectivity index (χ1n) is 9.99. The fraction of sp³-hybridized carbons (Fsp3) is 0.120. The summed E-state index contributed by atoms with van der Waals surface area (Å²) in [7, 11) is 0. The van der Waals surface area contributed by atoms with Gasteiger partial charge >= 0.3 is 0 Å². The van der Waals surface area contributed by atoms with Crippen LogP contribution in [0.3, 0.4) is 0 Å².